The van der Waals surface area contributed by atoms with Crippen LogP contribution >= 0.6 is 11.8 Å². The number of aromatic nitrogens is 3. The third-order valence-corrected chi connectivity index (χ3v) is 6.68. The van der Waals surface area contributed by atoms with Crippen LogP contribution in [-0.2, 0) is 20.9 Å². The maximum atomic E-state index is 12.9. The second-order valence-corrected chi connectivity index (χ2v) is 8.84. The number of carbonyl (C=O) groups is 2. The topological polar surface area (TPSA) is 99.7 Å². The third kappa shape index (κ3) is 5.61. The summed E-state index contributed by atoms with van der Waals surface area (Å²) in [5, 5.41) is 9.39. The number of amides is 1. The van der Waals surface area contributed by atoms with Gasteiger partial charge in [0.1, 0.15) is 11.5 Å². The van der Waals surface area contributed by atoms with Gasteiger partial charge >= 0.3 is 5.97 Å². The first-order chi connectivity index (χ1) is 16.6. The van der Waals surface area contributed by atoms with E-state index < -0.39 is 0 Å². The Bertz CT molecular complexity index is 1110. The Hall–Kier alpha value is -3.27. The number of ether oxygens (including phenoxy) is 2. The fourth-order valence-corrected chi connectivity index (χ4v) is 4.75. The third-order valence-electron chi connectivity index (χ3n) is 5.73. The highest BCUT2D eigenvalue weighted by molar-refractivity contribution is 7.99. The second-order valence-electron chi connectivity index (χ2n) is 7.90. The van der Waals surface area contributed by atoms with Gasteiger partial charge in [0.25, 0.3) is 0 Å². The van der Waals surface area contributed by atoms with Crippen molar-refractivity contribution in [3.05, 3.63) is 48.4 Å². The van der Waals surface area contributed by atoms with Crippen molar-refractivity contribution in [2.24, 2.45) is 5.92 Å². The van der Waals surface area contributed by atoms with Crippen molar-refractivity contribution in [2.45, 2.75) is 31.5 Å². The normalized spacial score (nSPS) is 14.2. The summed E-state index contributed by atoms with van der Waals surface area (Å²) in [6, 6.07) is 11.3. The summed E-state index contributed by atoms with van der Waals surface area (Å²) < 4.78 is 17.9. The van der Waals surface area contributed by atoms with Crippen molar-refractivity contribution in [1.29, 1.82) is 0 Å². The second kappa shape index (κ2) is 11.2. The molecule has 1 amide bonds. The number of esters is 1. The largest absolute Gasteiger partial charge is 0.497 e. The molecule has 0 aliphatic carbocycles. The molecular formula is C24H28N4O5S. The van der Waals surface area contributed by atoms with Gasteiger partial charge in [-0.1, -0.05) is 23.9 Å². The van der Waals surface area contributed by atoms with Crippen molar-refractivity contribution in [1.82, 2.24) is 19.7 Å². The Labute approximate surface area is 202 Å². The predicted octanol–water partition coefficient (Wildman–Crippen LogP) is 3.49. The molecule has 180 valence electrons. The molecule has 3 aromatic rings. The molecule has 0 saturated carbocycles. The summed E-state index contributed by atoms with van der Waals surface area (Å²) in [4.78, 5) is 26.6. The van der Waals surface area contributed by atoms with E-state index in [1.54, 1.807) is 25.2 Å². The predicted molar refractivity (Wildman–Crippen MR) is 126 cm³/mol. The van der Waals surface area contributed by atoms with Crippen LogP contribution in [-0.4, -0.2) is 64.1 Å². The molecule has 1 fully saturated rings. The molecule has 0 bridgehead atoms. The summed E-state index contributed by atoms with van der Waals surface area (Å²) in [6.45, 7) is 3.73. The highest BCUT2D eigenvalue weighted by atomic mass is 32.2. The first kappa shape index (κ1) is 23.9. The standard InChI is InChI=1S/C24H28N4O5S/c1-3-32-23(30)17-9-11-27(12-10-17)21(29)16-34-24-26-25-22(18-6-4-7-19(14-18)31-2)28(24)15-20-8-5-13-33-20/h4-8,13-14,17H,3,9-12,15-16H2,1-2H3. The summed E-state index contributed by atoms with van der Waals surface area (Å²) >= 11 is 1.34. The molecule has 1 aliphatic heterocycles. The molecule has 0 unspecified atom stereocenters. The molecular weight excluding hydrogens is 456 g/mol. The average Bonchev–Trinajstić information content (AvgIpc) is 3.53. The number of rotatable bonds is 9. The first-order valence-electron chi connectivity index (χ1n) is 11.3. The zero-order valence-corrected chi connectivity index (χ0v) is 20.1. The van der Waals surface area contributed by atoms with Gasteiger partial charge in [0.05, 0.1) is 38.2 Å². The number of benzene rings is 1. The molecule has 4 rings (SSSR count). The maximum Gasteiger partial charge on any atom is 0.309 e. The molecule has 0 radical (unpaired) electrons. The highest BCUT2D eigenvalue weighted by Gasteiger charge is 2.28. The quantitative estimate of drug-likeness (QED) is 0.336. The average molecular weight is 485 g/mol. The number of likely N-dealkylation sites (tertiary alicyclic amines) is 1. The van der Waals surface area contributed by atoms with Crippen LogP contribution < -0.4 is 4.74 Å². The molecule has 0 atom stereocenters. The van der Waals surface area contributed by atoms with Gasteiger partial charge in [-0.25, -0.2) is 0 Å². The van der Waals surface area contributed by atoms with Crippen LogP contribution in [0.1, 0.15) is 25.5 Å². The number of furan rings is 1. The number of carbonyl (C=O) groups excluding carboxylic acids is 2. The van der Waals surface area contributed by atoms with E-state index in [4.69, 9.17) is 13.9 Å². The molecule has 1 saturated heterocycles. The Balaban J connectivity index is 1.45. The van der Waals surface area contributed by atoms with Crippen LogP contribution in [0.4, 0.5) is 0 Å². The number of hydrogen-bond donors (Lipinski definition) is 0. The van der Waals surface area contributed by atoms with E-state index in [1.807, 2.05) is 41.0 Å². The minimum absolute atomic E-state index is 0.0165. The Morgan fingerprint density at radius 3 is 2.71 bits per heavy atom. The lowest BCUT2D eigenvalue weighted by Gasteiger charge is -2.30. The van der Waals surface area contributed by atoms with E-state index in [9.17, 15) is 9.59 Å². The van der Waals surface area contributed by atoms with E-state index in [-0.39, 0.29) is 23.5 Å². The van der Waals surface area contributed by atoms with Crippen LogP contribution in [0, 0.1) is 5.92 Å². The molecule has 2 aromatic heterocycles. The lowest BCUT2D eigenvalue weighted by atomic mass is 9.97. The summed E-state index contributed by atoms with van der Waals surface area (Å²) in [5.74, 6) is 2.11. The lowest BCUT2D eigenvalue weighted by Crippen LogP contribution is -2.41. The van der Waals surface area contributed by atoms with Crippen LogP contribution in [0.5, 0.6) is 5.75 Å². The minimum Gasteiger partial charge on any atom is -0.497 e. The zero-order valence-electron chi connectivity index (χ0n) is 19.3. The van der Waals surface area contributed by atoms with Gasteiger partial charge in [-0.15, -0.1) is 10.2 Å². The molecule has 0 N–H and O–H groups in total. The fraction of sp³-hybridized carbons (Fsp3) is 0.417. The van der Waals surface area contributed by atoms with Gasteiger partial charge in [0.2, 0.25) is 5.91 Å². The molecule has 34 heavy (non-hydrogen) atoms. The highest BCUT2D eigenvalue weighted by Crippen LogP contribution is 2.28. The maximum absolute atomic E-state index is 12.9. The molecule has 9 nitrogen and oxygen atoms in total. The van der Waals surface area contributed by atoms with Crippen molar-refractivity contribution in [3.63, 3.8) is 0 Å². The zero-order chi connectivity index (χ0) is 23.9. The molecule has 0 spiro atoms. The van der Waals surface area contributed by atoms with E-state index in [1.165, 1.54) is 11.8 Å². The molecule has 1 aromatic carbocycles. The van der Waals surface area contributed by atoms with E-state index in [0.717, 1.165) is 17.1 Å². The van der Waals surface area contributed by atoms with Crippen molar-refractivity contribution < 1.29 is 23.5 Å². The van der Waals surface area contributed by atoms with Gasteiger partial charge in [-0.2, -0.15) is 0 Å². The van der Waals surface area contributed by atoms with Crippen LogP contribution in [0.15, 0.2) is 52.2 Å². The molecule has 10 heteroatoms. The Morgan fingerprint density at radius 1 is 1.18 bits per heavy atom. The number of methoxy groups -OCH3 is 1. The minimum atomic E-state index is -0.167. The van der Waals surface area contributed by atoms with E-state index in [0.29, 0.717) is 50.1 Å². The van der Waals surface area contributed by atoms with Crippen LogP contribution in [0.3, 0.4) is 0 Å². The Kier molecular flexibility index (Phi) is 7.89. The van der Waals surface area contributed by atoms with Gasteiger partial charge in [-0.3, -0.25) is 14.2 Å². The Morgan fingerprint density at radius 2 is 2.00 bits per heavy atom. The molecule has 3 heterocycles. The SMILES string of the molecule is CCOC(=O)C1CCN(C(=O)CSc2nnc(-c3cccc(OC)c3)n2Cc2ccco2)CC1. The smallest absolute Gasteiger partial charge is 0.309 e. The fourth-order valence-electron chi connectivity index (χ4n) is 3.91. The summed E-state index contributed by atoms with van der Waals surface area (Å²) in [7, 11) is 1.62. The lowest BCUT2D eigenvalue weighted by molar-refractivity contribution is -0.151. The van der Waals surface area contributed by atoms with E-state index in [2.05, 4.69) is 10.2 Å². The van der Waals surface area contributed by atoms with Crippen molar-refractivity contribution in [3.8, 4) is 17.1 Å². The van der Waals surface area contributed by atoms with Crippen molar-refractivity contribution in [2.75, 3.05) is 32.6 Å². The number of piperidine rings is 1. The summed E-state index contributed by atoms with van der Waals surface area (Å²) in [6.07, 6.45) is 2.88. The van der Waals surface area contributed by atoms with Gasteiger partial charge < -0.3 is 18.8 Å². The van der Waals surface area contributed by atoms with Crippen molar-refractivity contribution >= 4 is 23.6 Å². The number of hydrogen-bond acceptors (Lipinski definition) is 8. The number of nitrogens with zero attached hydrogens (tertiary/aromatic N) is 4. The summed E-state index contributed by atoms with van der Waals surface area (Å²) in [5.41, 5.74) is 0.859. The van der Waals surface area contributed by atoms with Crippen LogP contribution in [0.25, 0.3) is 11.4 Å². The van der Waals surface area contributed by atoms with Gasteiger partial charge in [0, 0.05) is 18.7 Å². The molecule has 1 aliphatic rings. The monoisotopic (exact) mass is 484 g/mol. The van der Waals surface area contributed by atoms with Gasteiger partial charge in [0.15, 0.2) is 11.0 Å². The van der Waals surface area contributed by atoms with E-state index >= 15 is 0 Å². The first-order valence-corrected chi connectivity index (χ1v) is 12.2. The number of thioether (sulfide) groups is 1. The van der Waals surface area contributed by atoms with Gasteiger partial charge in [-0.05, 0) is 44.0 Å². The van der Waals surface area contributed by atoms with Crippen LogP contribution in [0.2, 0.25) is 0 Å².